The van der Waals surface area contributed by atoms with Crippen LogP contribution in [0.4, 0.5) is 0 Å². The summed E-state index contributed by atoms with van der Waals surface area (Å²) < 4.78 is 0. The van der Waals surface area contributed by atoms with Crippen molar-refractivity contribution >= 4 is 0 Å². The van der Waals surface area contributed by atoms with Gasteiger partial charge in [0.2, 0.25) is 0 Å². The molecule has 3 heteroatoms. The van der Waals surface area contributed by atoms with E-state index < -0.39 is 0 Å². The van der Waals surface area contributed by atoms with E-state index in [1.807, 2.05) is 0 Å². The topological polar surface area (TPSA) is 18.5 Å². The van der Waals surface area contributed by atoms with Gasteiger partial charge in [-0.25, -0.2) is 0 Å². The van der Waals surface area contributed by atoms with Gasteiger partial charge >= 0.3 is 0 Å². The van der Waals surface area contributed by atoms with Crippen LogP contribution in [0.5, 0.6) is 0 Å². The van der Waals surface area contributed by atoms with E-state index in [1.54, 1.807) is 0 Å². The fourth-order valence-corrected chi connectivity index (χ4v) is 3.31. The largest absolute Gasteiger partial charge is 0.314 e. The zero-order valence-corrected chi connectivity index (χ0v) is 11.8. The predicted octanol–water partition coefficient (Wildman–Crippen LogP) is 1.54. The van der Waals surface area contributed by atoms with Crippen molar-refractivity contribution in [1.82, 2.24) is 15.1 Å². The van der Waals surface area contributed by atoms with E-state index in [0.717, 1.165) is 6.04 Å². The van der Waals surface area contributed by atoms with Gasteiger partial charge in [-0.05, 0) is 33.2 Å². The molecule has 2 heterocycles. The number of nitrogens with one attached hydrogen (secondary N) is 1. The molecule has 3 nitrogen and oxygen atoms in total. The van der Waals surface area contributed by atoms with Crippen LogP contribution in [0.15, 0.2) is 0 Å². The quantitative estimate of drug-likeness (QED) is 0.803. The second kappa shape index (κ2) is 5.68. The summed E-state index contributed by atoms with van der Waals surface area (Å²) in [4.78, 5) is 5.41. The van der Waals surface area contributed by atoms with Gasteiger partial charge in [-0.2, -0.15) is 0 Å². The van der Waals surface area contributed by atoms with Crippen molar-refractivity contribution in [1.29, 1.82) is 0 Å². The van der Waals surface area contributed by atoms with Gasteiger partial charge in [0, 0.05) is 44.3 Å². The molecule has 2 rings (SSSR count). The Morgan fingerprint density at radius 3 is 2.59 bits per heavy atom. The molecule has 0 spiro atoms. The second-order valence-electron chi connectivity index (χ2n) is 6.26. The number of hydrogen-bond donors (Lipinski definition) is 1. The molecule has 2 fully saturated rings. The third-order valence-electron chi connectivity index (χ3n) is 4.47. The van der Waals surface area contributed by atoms with Crippen LogP contribution in [0.3, 0.4) is 0 Å². The van der Waals surface area contributed by atoms with Crippen LogP contribution in [0.1, 0.15) is 40.0 Å². The van der Waals surface area contributed by atoms with E-state index in [0.29, 0.717) is 5.54 Å². The summed E-state index contributed by atoms with van der Waals surface area (Å²) in [7, 11) is 0. The van der Waals surface area contributed by atoms with E-state index >= 15 is 0 Å². The molecule has 1 unspecified atom stereocenters. The van der Waals surface area contributed by atoms with E-state index in [4.69, 9.17) is 0 Å². The molecule has 2 saturated heterocycles. The van der Waals surface area contributed by atoms with Crippen molar-refractivity contribution in [2.75, 3.05) is 39.3 Å². The average molecular weight is 239 g/mol. The lowest BCUT2D eigenvalue weighted by Crippen LogP contribution is -2.49. The highest BCUT2D eigenvalue weighted by Gasteiger charge is 2.40. The Hall–Kier alpha value is -0.120. The molecule has 0 aromatic rings. The molecule has 0 amide bonds. The van der Waals surface area contributed by atoms with Crippen LogP contribution in [-0.4, -0.2) is 60.6 Å². The highest BCUT2D eigenvalue weighted by atomic mass is 15.3. The van der Waals surface area contributed by atoms with Crippen molar-refractivity contribution in [3.63, 3.8) is 0 Å². The number of hydrogen-bond acceptors (Lipinski definition) is 3. The Balaban J connectivity index is 1.89. The van der Waals surface area contributed by atoms with Gasteiger partial charge in [-0.15, -0.1) is 0 Å². The Morgan fingerprint density at radius 1 is 1.24 bits per heavy atom. The molecule has 0 aromatic carbocycles. The predicted molar refractivity (Wildman–Crippen MR) is 73.4 cm³/mol. The first-order valence-corrected chi connectivity index (χ1v) is 7.33. The molecule has 2 aliphatic rings. The molecule has 1 atom stereocenters. The molecule has 0 bridgehead atoms. The van der Waals surface area contributed by atoms with Crippen LogP contribution in [-0.2, 0) is 0 Å². The minimum absolute atomic E-state index is 0.407. The minimum Gasteiger partial charge on any atom is -0.314 e. The SMILES string of the molecule is CCCCN1CC(N2CCNCC2)CC1(C)C. The zero-order valence-electron chi connectivity index (χ0n) is 11.8. The van der Waals surface area contributed by atoms with Crippen molar-refractivity contribution in [2.45, 2.75) is 51.6 Å². The van der Waals surface area contributed by atoms with Crippen LogP contribution in [0, 0.1) is 0 Å². The molecule has 0 aliphatic carbocycles. The van der Waals surface area contributed by atoms with Gasteiger partial charge in [0.1, 0.15) is 0 Å². The van der Waals surface area contributed by atoms with Gasteiger partial charge in [0.05, 0.1) is 0 Å². The van der Waals surface area contributed by atoms with Gasteiger partial charge < -0.3 is 5.32 Å². The van der Waals surface area contributed by atoms with E-state index in [1.165, 1.54) is 58.5 Å². The van der Waals surface area contributed by atoms with Crippen LogP contribution < -0.4 is 5.32 Å². The van der Waals surface area contributed by atoms with Crippen molar-refractivity contribution in [3.05, 3.63) is 0 Å². The molecule has 1 N–H and O–H groups in total. The molecular weight excluding hydrogens is 210 g/mol. The highest BCUT2D eigenvalue weighted by Crippen LogP contribution is 2.31. The van der Waals surface area contributed by atoms with Crippen LogP contribution >= 0.6 is 0 Å². The first-order chi connectivity index (χ1) is 8.13. The summed E-state index contributed by atoms with van der Waals surface area (Å²) >= 11 is 0. The fourth-order valence-electron chi connectivity index (χ4n) is 3.31. The van der Waals surface area contributed by atoms with Crippen molar-refractivity contribution in [2.24, 2.45) is 0 Å². The lowest BCUT2D eigenvalue weighted by Gasteiger charge is -2.32. The van der Waals surface area contributed by atoms with E-state index in [2.05, 4.69) is 35.9 Å². The average Bonchev–Trinajstić information content (AvgIpc) is 2.63. The molecule has 17 heavy (non-hydrogen) atoms. The highest BCUT2D eigenvalue weighted by molar-refractivity contribution is 4.97. The molecule has 2 aliphatic heterocycles. The van der Waals surface area contributed by atoms with E-state index in [9.17, 15) is 0 Å². The summed E-state index contributed by atoms with van der Waals surface area (Å²) in [6.45, 7) is 14.5. The van der Waals surface area contributed by atoms with Gasteiger partial charge in [-0.3, -0.25) is 9.80 Å². The smallest absolute Gasteiger partial charge is 0.0241 e. The standard InChI is InChI=1S/C14H29N3/c1-4-5-8-17-12-13(11-14(17,2)3)16-9-6-15-7-10-16/h13,15H,4-12H2,1-3H3. The third kappa shape index (κ3) is 3.21. The summed E-state index contributed by atoms with van der Waals surface area (Å²) in [5, 5.41) is 3.45. The molecule has 100 valence electrons. The maximum absolute atomic E-state index is 3.45. The normalized spacial score (nSPS) is 30.9. The monoisotopic (exact) mass is 239 g/mol. The maximum atomic E-state index is 3.45. The number of nitrogens with zero attached hydrogens (tertiary/aromatic N) is 2. The van der Waals surface area contributed by atoms with Gasteiger partial charge in [0.25, 0.3) is 0 Å². The van der Waals surface area contributed by atoms with Gasteiger partial charge in [0.15, 0.2) is 0 Å². The maximum Gasteiger partial charge on any atom is 0.0241 e. The lowest BCUT2D eigenvalue weighted by atomic mass is 9.99. The Morgan fingerprint density at radius 2 is 1.94 bits per heavy atom. The Labute approximate surface area is 107 Å². The first kappa shape index (κ1) is 13.3. The lowest BCUT2D eigenvalue weighted by molar-refractivity contribution is 0.162. The Bertz CT molecular complexity index is 234. The summed E-state index contributed by atoms with van der Waals surface area (Å²) in [5.74, 6) is 0. The number of piperazine rings is 1. The van der Waals surface area contributed by atoms with Crippen LogP contribution in [0.25, 0.3) is 0 Å². The van der Waals surface area contributed by atoms with Crippen molar-refractivity contribution < 1.29 is 0 Å². The molecule has 0 aromatic heterocycles. The first-order valence-electron chi connectivity index (χ1n) is 7.33. The summed E-state index contributed by atoms with van der Waals surface area (Å²) in [5.41, 5.74) is 0.407. The Kier molecular flexibility index (Phi) is 4.45. The molecule has 0 saturated carbocycles. The second-order valence-corrected chi connectivity index (χ2v) is 6.26. The summed E-state index contributed by atoms with van der Waals surface area (Å²) in [6, 6.07) is 0.795. The van der Waals surface area contributed by atoms with Crippen molar-refractivity contribution in [3.8, 4) is 0 Å². The summed E-state index contributed by atoms with van der Waals surface area (Å²) in [6.07, 6.45) is 4.00. The molecule has 0 radical (unpaired) electrons. The molecular formula is C14H29N3. The third-order valence-corrected chi connectivity index (χ3v) is 4.47. The van der Waals surface area contributed by atoms with E-state index in [-0.39, 0.29) is 0 Å². The minimum atomic E-state index is 0.407. The van der Waals surface area contributed by atoms with Crippen LogP contribution in [0.2, 0.25) is 0 Å². The number of likely N-dealkylation sites (tertiary alicyclic amines) is 1. The zero-order chi connectivity index (χ0) is 12.3. The number of unbranched alkanes of at least 4 members (excludes halogenated alkanes) is 1. The van der Waals surface area contributed by atoms with Gasteiger partial charge in [-0.1, -0.05) is 13.3 Å². The number of rotatable bonds is 4. The fraction of sp³-hybridized carbons (Fsp3) is 1.00.